The number of rotatable bonds is 7. The van der Waals surface area contributed by atoms with E-state index in [1.807, 2.05) is 0 Å². The van der Waals surface area contributed by atoms with Crippen LogP contribution < -0.4 is 16.4 Å². The summed E-state index contributed by atoms with van der Waals surface area (Å²) in [7, 11) is 0. The number of amides is 2. The number of hydrogen-bond acceptors (Lipinski definition) is 5. The first-order valence-corrected chi connectivity index (χ1v) is 11.3. The average molecular weight is 505 g/mol. The highest BCUT2D eigenvalue weighted by molar-refractivity contribution is 14.1. The number of benzene rings is 1. The standard InChI is InChI=1S/C19H28IN3O3S/c20-11-12-9-15(18(25)16(27)10-12)23-17(24)8-7-14(21)19(26)22-13-5-3-1-2-4-6-13/h9-10,13-14,25,27H,1-8,11,21H2,(H,22,26)(H,23,24). The molecule has 0 saturated heterocycles. The molecule has 0 spiro atoms. The molecule has 2 rings (SSSR count). The second kappa shape index (κ2) is 11.1. The van der Waals surface area contributed by atoms with Crippen LogP contribution in [0.3, 0.4) is 0 Å². The van der Waals surface area contributed by atoms with Gasteiger partial charge in [0.1, 0.15) is 0 Å². The Kier molecular flexibility index (Phi) is 9.17. The Morgan fingerprint density at radius 3 is 2.56 bits per heavy atom. The van der Waals surface area contributed by atoms with Crippen LogP contribution in [0.4, 0.5) is 5.69 Å². The Labute approximate surface area is 179 Å². The molecule has 0 aromatic heterocycles. The normalized spacial score (nSPS) is 16.4. The number of nitrogens with one attached hydrogen (secondary N) is 2. The first kappa shape index (κ1) is 22.3. The van der Waals surface area contributed by atoms with Gasteiger partial charge in [-0.3, -0.25) is 9.59 Å². The smallest absolute Gasteiger partial charge is 0.237 e. The second-order valence-electron chi connectivity index (χ2n) is 7.04. The third kappa shape index (κ3) is 7.15. The fourth-order valence-electron chi connectivity index (χ4n) is 3.21. The van der Waals surface area contributed by atoms with Crippen molar-refractivity contribution in [1.29, 1.82) is 0 Å². The molecule has 1 aliphatic carbocycles. The molecule has 1 saturated carbocycles. The molecule has 0 aliphatic heterocycles. The van der Waals surface area contributed by atoms with Gasteiger partial charge in [-0.1, -0.05) is 48.3 Å². The molecule has 6 nitrogen and oxygen atoms in total. The number of phenolic OH excluding ortho intramolecular Hbond substituents is 1. The van der Waals surface area contributed by atoms with E-state index in [2.05, 4.69) is 45.9 Å². The number of carbonyl (C=O) groups is 2. The molecular formula is C19H28IN3O3S. The number of halogens is 1. The van der Waals surface area contributed by atoms with E-state index in [9.17, 15) is 14.7 Å². The number of carbonyl (C=O) groups excluding carboxylic acids is 2. The highest BCUT2D eigenvalue weighted by Gasteiger charge is 2.20. The van der Waals surface area contributed by atoms with Crippen molar-refractivity contribution in [1.82, 2.24) is 5.32 Å². The van der Waals surface area contributed by atoms with E-state index in [4.69, 9.17) is 5.73 Å². The van der Waals surface area contributed by atoms with Gasteiger partial charge in [0.2, 0.25) is 11.8 Å². The summed E-state index contributed by atoms with van der Waals surface area (Å²) in [5, 5.41) is 15.8. The summed E-state index contributed by atoms with van der Waals surface area (Å²) in [5.74, 6) is -0.542. The zero-order valence-corrected chi connectivity index (χ0v) is 18.4. The van der Waals surface area contributed by atoms with Crippen molar-refractivity contribution < 1.29 is 14.7 Å². The van der Waals surface area contributed by atoms with E-state index in [0.29, 0.717) is 10.6 Å². The third-order valence-corrected chi connectivity index (χ3v) is 6.02. The van der Waals surface area contributed by atoms with Gasteiger partial charge in [0.05, 0.1) is 11.7 Å². The first-order chi connectivity index (χ1) is 12.9. The highest BCUT2D eigenvalue weighted by atomic mass is 127. The summed E-state index contributed by atoms with van der Waals surface area (Å²) >= 11 is 6.42. The Balaban J connectivity index is 1.82. The fourth-order valence-corrected chi connectivity index (χ4v) is 3.94. The number of aromatic hydroxyl groups is 1. The molecule has 2 amide bonds. The Hall–Kier alpha value is -1.00. The van der Waals surface area contributed by atoms with Gasteiger partial charge in [0, 0.05) is 21.8 Å². The number of anilines is 1. The van der Waals surface area contributed by atoms with Crippen LogP contribution in [0.5, 0.6) is 5.75 Å². The summed E-state index contributed by atoms with van der Waals surface area (Å²) < 4.78 is 0.737. The van der Waals surface area contributed by atoms with Crippen molar-refractivity contribution in [3.63, 3.8) is 0 Å². The number of nitrogens with two attached hydrogens (primary N) is 1. The first-order valence-electron chi connectivity index (χ1n) is 9.37. The van der Waals surface area contributed by atoms with Crippen LogP contribution in [0, 0.1) is 0 Å². The lowest BCUT2D eigenvalue weighted by Gasteiger charge is -2.19. The Bertz CT molecular complexity index is 664. The molecule has 8 heteroatoms. The lowest BCUT2D eigenvalue weighted by molar-refractivity contribution is -0.123. The molecule has 1 unspecified atom stereocenters. The van der Waals surface area contributed by atoms with E-state index in [1.165, 1.54) is 12.8 Å². The monoisotopic (exact) mass is 505 g/mol. The van der Waals surface area contributed by atoms with Crippen molar-refractivity contribution in [2.75, 3.05) is 5.32 Å². The zero-order valence-electron chi connectivity index (χ0n) is 15.3. The van der Waals surface area contributed by atoms with Gasteiger partial charge >= 0.3 is 0 Å². The third-order valence-electron chi connectivity index (χ3n) is 4.80. The molecule has 150 valence electrons. The van der Waals surface area contributed by atoms with Crippen molar-refractivity contribution in [3.8, 4) is 5.75 Å². The summed E-state index contributed by atoms with van der Waals surface area (Å²) in [5.41, 5.74) is 7.24. The molecule has 1 aromatic rings. The number of alkyl halides is 1. The molecule has 0 radical (unpaired) electrons. The predicted molar refractivity (Wildman–Crippen MR) is 119 cm³/mol. The zero-order chi connectivity index (χ0) is 19.8. The maximum atomic E-state index is 12.3. The van der Waals surface area contributed by atoms with Gasteiger partial charge in [0.25, 0.3) is 0 Å². The van der Waals surface area contributed by atoms with E-state index in [-0.39, 0.29) is 36.4 Å². The molecule has 1 fully saturated rings. The van der Waals surface area contributed by atoms with Crippen LogP contribution in [0.15, 0.2) is 17.0 Å². The molecular weight excluding hydrogens is 477 g/mol. The molecule has 1 atom stereocenters. The van der Waals surface area contributed by atoms with Crippen LogP contribution in [0.2, 0.25) is 0 Å². The maximum Gasteiger partial charge on any atom is 0.237 e. The SMILES string of the molecule is NC(CCC(=O)Nc1cc(CI)cc(S)c1O)C(=O)NC1CCCCCC1. The van der Waals surface area contributed by atoms with E-state index in [1.54, 1.807) is 12.1 Å². The second-order valence-corrected chi connectivity index (χ2v) is 8.28. The van der Waals surface area contributed by atoms with Crippen molar-refractivity contribution in [2.45, 2.75) is 72.8 Å². The Morgan fingerprint density at radius 1 is 1.26 bits per heavy atom. The minimum absolute atomic E-state index is 0.0595. The topological polar surface area (TPSA) is 104 Å². The van der Waals surface area contributed by atoms with Crippen LogP contribution in [0.25, 0.3) is 0 Å². The summed E-state index contributed by atoms with van der Waals surface area (Å²) in [6, 6.07) is 2.96. The summed E-state index contributed by atoms with van der Waals surface area (Å²) in [6.45, 7) is 0. The van der Waals surface area contributed by atoms with E-state index < -0.39 is 6.04 Å². The quantitative estimate of drug-likeness (QED) is 0.129. The molecule has 1 aliphatic rings. The number of hydrogen-bond donors (Lipinski definition) is 5. The van der Waals surface area contributed by atoms with Crippen LogP contribution >= 0.6 is 35.2 Å². The lowest BCUT2D eigenvalue weighted by atomic mass is 10.1. The lowest BCUT2D eigenvalue weighted by Crippen LogP contribution is -2.45. The van der Waals surface area contributed by atoms with Crippen molar-refractivity contribution in [2.24, 2.45) is 5.73 Å². The van der Waals surface area contributed by atoms with Crippen LogP contribution in [0.1, 0.15) is 56.9 Å². The van der Waals surface area contributed by atoms with Crippen LogP contribution in [-0.2, 0) is 14.0 Å². The van der Waals surface area contributed by atoms with Gasteiger partial charge < -0.3 is 21.5 Å². The molecule has 5 N–H and O–H groups in total. The van der Waals surface area contributed by atoms with E-state index >= 15 is 0 Å². The molecule has 27 heavy (non-hydrogen) atoms. The van der Waals surface area contributed by atoms with Gasteiger partial charge in [-0.2, -0.15) is 0 Å². The summed E-state index contributed by atoms with van der Waals surface area (Å²) in [4.78, 5) is 24.9. The van der Waals surface area contributed by atoms with Crippen molar-refractivity contribution in [3.05, 3.63) is 17.7 Å². The summed E-state index contributed by atoms with van der Waals surface area (Å²) in [6.07, 6.45) is 7.07. The largest absolute Gasteiger partial charge is 0.505 e. The van der Waals surface area contributed by atoms with Gasteiger partial charge in [-0.15, -0.1) is 12.6 Å². The van der Waals surface area contributed by atoms with Gasteiger partial charge in [-0.25, -0.2) is 0 Å². The maximum absolute atomic E-state index is 12.3. The predicted octanol–water partition coefficient (Wildman–Crippen LogP) is 3.50. The van der Waals surface area contributed by atoms with Crippen LogP contribution in [-0.4, -0.2) is 29.0 Å². The molecule has 0 heterocycles. The minimum Gasteiger partial charge on any atom is -0.505 e. The number of phenols is 1. The molecule has 1 aromatic carbocycles. The Morgan fingerprint density at radius 2 is 1.93 bits per heavy atom. The molecule has 0 bridgehead atoms. The minimum atomic E-state index is -0.714. The highest BCUT2D eigenvalue weighted by Crippen LogP contribution is 2.33. The average Bonchev–Trinajstić information content (AvgIpc) is 2.91. The van der Waals surface area contributed by atoms with E-state index in [0.717, 1.165) is 35.7 Å². The van der Waals surface area contributed by atoms with Gasteiger partial charge in [-0.05, 0) is 37.0 Å². The van der Waals surface area contributed by atoms with Gasteiger partial charge in [0.15, 0.2) is 5.75 Å². The number of thiol groups is 1. The van der Waals surface area contributed by atoms with Crippen molar-refractivity contribution >= 4 is 52.7 Å². The fraction of sp³-hybridized carbons (Fsp3) is 0.579.